The van der Waals surface area contributed by atoms with Gasteiger partial charge in [0.2, 0.25) is 0 Å². The monoisotopic (exact) mass is 480 g/mol. The maximum atomic E-state index is 11.5. The van der Waals surface area contributed by atoms with Gasteiger partial charge < -0.3 is 10.0 Å². The molecule has 5 nitrogen and oxygen atoms in total. The van der Waals surface area contributed by atoms with Gasteiger partial charge in [-0.15, -0.1) is 0 Å². The number of nitriles is 1. The molecular formula is C26H26Cl2N4O. The van der Waals surface area contributed by atoms with Crippen LogP contribution in [-0.4, -0.2) is 41.2 Å². The van der Waals surface area contributed by atoms with Gasteiger partial charge in [-0.05, 0) is 48.4 Å². The van der Waals surface area contributed by atoms with Crippen LogP contribution in [0, 0.1) is 11.3 Å². The van der Waals surface area contributed by atoms with E-state index in [4.69, 9.17) is 23.2 Å². The van der Waals surface area contributed by atoms with Gasteiger partial charge in [-0.2, -0.15) is 5.26 Å². The van der Waals surface area contributed by atoms with E-state index in [0.717, 1.165) is 29.9 Å². The van der Waals surface area contributed by atoms with Gasteiger partial charge in [0.15, 0.2) is 0 Å². The highest BCUT2D eigenvalue weighted by molar-refractivity contribution is 6.33. The second-order valence-electron chi connectivity index (χ2n) is 8.40. The third-order valence-electron chi connectivity index (χ3n) is 6.37. The first kappa shape index (κ1) is 23.5. The first-order valence-electron chi connectivity index (χ1n) is 11.0. The molecule has 1 aliphatic heterocycles. The van der Waals surface area contributed by atoms with Crippen molar-refractivity contribution < 1.29 is 5.11 Å². The molecule has 0 unspecified atom stereocenters. The summed E-state index contributed by atoms with van der Waals surface area (Å²) in [5, 5.41) is 21.9. The van der Waals surface area contributed by atoms with Gasteiger partial charge in [0.25, 0.3) is 0 Å². The molecule has 0 amide bonds. The number of benzene rings is 2. The lowest BCUT2D eigenvalue weighted by Gasteiger charge is -2.45. The lowest BCUT2D eigenvalue weighted by molar-refractivity contribution is -0.00957. The topological polar surface area (TPSA) is 63.4 Å². The summed E-state index contributed by atoms with van der Waals surface area (Å²) in [6.07, 6.45) is 4.05. The Morgan fingerprint density at radius 1 is 1.15 bits per heavy atom. The zero-order valence-corrected chi connectivity index (χ0v) is 20.0. The number of hydrogen-bond acceptors (Lipinski definition) is 5. The van der Waals surface area contributed by atoms with Gasteiger partial charge in [-0.3, -0.25) is 9.88 Å². The van der Waals surface area contributed by atoms with Crippen molar-refractivity contribution in [1.82, 2.24) is 9.88 Å². The average molecular weight is 481 g/mol. The fourth-order valence-corrected chi connectivity index (χ4v) is 4.88. The summed E-state index contributed by atoms with van der Waals surface area (Å²) in [5.74, 6) is 0. The molecule has 3 aromatic rings. The predicted molar refractivity (Wildman–Crippen MR) is 133 cm³/mol. The molecule has 1 N–H and O–H groups in total. The van der Waals surface area contributed by atoms with Gasteiger partial charge in [-0.25, -0.2) is 0 Å². The highest BCUT2D eigenvalue weighted by Gasteiger charge is 2.35. The number of nitrogens with zero attached hydrogens (tertiary/aromatic N) is 4. The molecule has 0 spiro atoms. The molecule has 2 aromatic carbocycles. The van der Waals surface area contributed by atoms with E-state index in [1.54, 1.807) is 24.5 Å². The highest BCUT2D eigenvalue weighted by atomic mass is 35.5. The van der Waals surface area contributed by atoms with E-state index in [2.05, 4.69) is 20.9 Å². The van der Waals surface area contributed by atoms with Gasteiger partial charge in [0.1, 0.15) is 5.60 Å². The van der Waals surface area contributed by atoms with Crippen LogP contribution in [0.3, 0.4) is 0 Å². The SMILES string of the molecule is CC[C@](O)(CN1CCN(c2ccc(C#N)cc2Cl)[C@H](c2ccc(Cl)cc2)C1)c1cccnc1. The van der Waals surface area contributed by atoms with Crippen LogP contribution in [0.5, 0.6) is 0 Å². The second kappa shape index (κ2) is 10.1. The normalized spacial score (nSPS) is 18.5. The molecule has 2 atom stereocenters. The van der Waals surface area contributed by atoms with Crippen LogP contribution >= 0.6 is 23.2 Å². The van der Waals surface area contributed by atoms with Gasteiger partial charge in [0.05, 0.1) is 28.4 Å². The highest BCUT2D eigenvalue weighted by Crippen LogP contribution is 2.37. The van der Waals surface area contributed by atoms with E-state index in [9.17, 15) is 10.4 Å². The minimum atomic E-state index is -0.979. The third-order valence-corrected chi connectivity index (χ3v) is 6.93. The van der Waals surface area contributed by atoms with E-state index in [0.29, 0.717) is 35.1 Å². The Labute approximate surface area is 204 Å². The summed E-state index contributed by atoms with van der Waals surface area (Å²) in [4.78, 5) is 8.77. The van der Waals surface area contributed by atoms with E-state index in [-0.39, 0.29) is 6.04 Å². The Hall–Kier alpha value is -2.62. The standard InChI is InChI=1S/C26H26Cl2N4O/c1-2-26(33,21-4-3-11-30-16-21)18-31-12-13-32(24-10-5-19(15-29)14-23(24)28)25(17-31)20-6-8-22(27)9-7-20/h3-11,14,16,25,33H,2,12-13,17-18H2,1H3/t25-,26-/m0/s1. The lowest BCUT2D eigenvalue weighted by atomic mass is 9.90. The Kier molecular flexibility index (Phi) is 7.21. The first-order valence-corrected chi connectivity index (χ1v) is 11.8. The van der Waals surface area contributed by atoms with Crippen molar-refractivity contribution in [1.29, 1.82) is 5.26 Å². The molecule has 1 fully saturated rings. The van der Waals surface area contributed by atoms with Crippen LogP contribution in [0.15, 0.2) is 67.0 Å². The molecule has 1 saturated heterocycles. The number of anilines is 1. The van der Waals surface area contributed by atoms with Crippen molar-refractivity contribution >= 4 is 28.9 Å². The van der Waals surface area contributed by atoms with E-state index in [1.807, 2.05) is 49.4 Å². The molecule has 0 bridgehead atoms. The van der Waals surface area contributed by atoms with Gasteiger partial charge in [0, 0.05) is 49.2 Å². The van der Waals surface area contributed by atoms with Crippen molar-refractivity contribution in [2.45, 2.75) is 25.0 Å². The molecule has 2 heterocycles. The number of β-amino-alcohol motifs (C(OH)–C–C–N with tert-alkyl or cyclic N) is 1. The Bertz CT molecular complexity index is 1130. The van der Waals surface area contributed by atoms with Crippen LogP contribution in [0.1, 0.15) is 36.1 Å². The minimum absolute atomic E-state index is 0.0106. The fraction of sp³-hybridized carbons (Fsp3) is 0.308. The summed E-state index contributed by atoms with van der Waals surface area (Å²) in [7, 11) is 0. The van der Waals surface area contributed by atoms with E-state index in [1.165, 1.54) is 0 Å². The number of rotatable bonds is 6. The smallest absolute Gasteiger partial charge is 0.103 e. The molecule has 0 radical (unpaired) electrons. The van der Waals surface area contributed by atoms with Crippen LogP contribution in [-0.2, 0) is 5.60 Å². The van der Waals surface area contributed by atoms with E-state index < -0.39 is 5.60 Å². The molecule has 4 rings (SSSR count). The third kappa shape index (κ3) is 5.15. The lowest BCUT2D eigenvalue weighted by Crippen LogP contribution is -2.52. The van der Waals surface area contributed by atoms with Crippen LogP contribution in [0.2, 0.25) is 10.0 Å². The summed E-state index contributed by atoms with van der Waals surface area (Å²) in [6, 6.07) is 19.2. The number of halogens is 2. The second-order valence-corrected chi connectivity index (χ2v) is 9.24. The molecule has 7 heteroatoms. The average Bonchev–Trinajstić information content (AvgIpc) is 2.85. The molecule has 0 aliphatic carbocycles. The maximum Gasteiger partial charge on any atom is 0.103 e. The minimum Gasteiger partial charge on any atom is -0.384 e. The van der Waals surface area contributed by atoms with Gasteiger partial charge in [-0.1, -0.05) is 48.3 Å². The molecule has 170 valence electrons. The number of piperazine rings is 1. The summed E-state index contributed by atoms with van der Waals surface area (Å²) < 4.78 is 0. The van der Waals surface area contributed by atoms with Crippen molar-refractivity contribution in [3.8, 4) is 6.07 Å². The van der Waals surface area contributed by atoms with Crippen LogP contribution in [0.25, 0.3) is 0 Å². The largest absolute Gasteiger partial charge is 0.384 e. The number of aromatic nitrogens is 1. The van der Waals surface area contributed by atoms with Crippen LogP contribution in [0.4, 0.5) is 5.69 Å². The predicted octanol–water partition coefficient (Wildman–Crippen LogP) is 5.42. The van der Waals surface area contributed by atoms with Gasteiger partial charge >= 0.3 is 0 Å². The van der Waals surface area contributed by atoms with Crippen molar-refractivity contribution in [3.63, 3.8) is 0 Å². The Morgan fingerprint density at radius 3 is 2.58 bits per heavy atom. The molecular weight excluding hydrogens is 455 g/mol. The Balaban J connectivity index is 1.64. The quantitative estimate of drug-likeness (QED) is 0.510. The molecule has 33 heavy (non-hydrogen) atoms. The first-order chi connectivity index (χ1) is 15.9. The zero-order chi connectivity index (χ0) is 23.4. The number of hydrogen-bond donors (Lipinski definition) is 1. The number of aliphatic hydroxyl groups is 1. The maximum absolute atomic E-state index is 11.5. The summed E-state index contributed by atoms with van der Waals surface area (Å²) in [6.45, 7) is 4.71. The summed E-state index contributed by atoms with van der Waals surface area (Å²) in [5.41, 5.74) is 2.40. The van der Waals surface area contributed by atoms with E-state index >= 15 is 0 Å². The molecule has 1 aliphatic rings. The van der Waals surface area contributed by atoms with Crippen LogP contribution < -0.4 is 4.90 Å². The van der Waals surface area contributed by atoms with Crippen molar-refractivity contribution in [2.24, 2.45) is 0 Å². The molecule has 1 aromatic heterocycles. The fourth-order valence-electron chi connectivity index (χ4n) is 4.47. The number of pyridine rings is 1. The van der Waals surface area contributed by atoms with Crippen molar-refractivity contribution in [2.75, 3.05) is 31.1 Å². The summed E-state index contributed by atoms with van der Waals surface area (Å²) >= 11 is 12.7. The zero-order valence-electron chi connectivity index (χ0n) is 18.5. The Morgan fingerprint density at radius 2 is 1.94 bits per heavy atom. The molecule has 0 saturated carbocycles. The van der Waals surface area contributed by atoms with Crippen molar-refractivity contribution in [3.05, 3.63) is 93.7 Å².